The summed E-state index contributed by atoms with van der Waals surface area (Å²) in [5.74, 6) is 0.292. The van der Waals surface area contributed by atoms with Crippen LogP contribution in [0.1, 0.15) is 40.4 Å². The van der Waals surface area contributed by atoms with Crippen molar-refractivity contribution in [1.82, 2.24) is 15.5 Å². The minimum atomic E-state index is -0.248. The van der Waals surface area contributed by atoms with Crippen LogP contribution < -0.4 is 10.6 Å². The van der Waals surface area contributed by atoms with Crippen molar-refractivity contribution in [2.24, 2.45) is 0 Å². The molecule has 0 spiro atoms. The van der Waals surface area contributed by atoms with Gasteiger partial charge in [0.15, 0.2) is 0 Å². The van der Waals surface area contributed by atoms with Crippen LogP contribution in [0.15, 0.2) is 54.6 Å². The van der Waals surface area contributed by atoms with Gasteiger partial charge in [-0.15, -0.1) is 0 Å². The third-order valence-electron chi connectivity index (χ3n) is 5.05. The molecule has 4 rings (SSSR count). The zero-order valence-corrected chi connectivity index (χ0v) is 15.4. The number of amides is 1. The molecule has 6 nitrogen and oxygen atoms in total. The van der Waals surface area contributed by atoms with Crippen molar-refractivity contribution < 1.29 is 4.79 Å². The van der Waals surface area contributed by atoms with E-state index >= 15 is 0 Å². The predicted octanol–water partition coefficient (Wildman–Crippen LogP) is 3.67. The van der Waals surface area contributed by atoms with Gasteiger partial charge in [0, 0.05) is 17.8 Å². The van der Waals surface area contributed by atoms with Crippen LogP contribution in [-0.4, -0.2) is 29.2 Å². The monoisotopic (exact) mass is 371 g/mol. The number of nitrogens with zero attached hydrogens (tertiary/aromatic N) is 2. The molecule has 140 valence electrons. The molecule has 0 radical (unpaired) electrons. The van der Waals surface area contributed by atoms with Gasteiger partial charge in [-0.3, -0.25) is 9.89 Å². The van der Waals surface area contributed by atoms with E-state index in [1.807, 2.05) is 18.2 Å². The van der Waals surface area contributed by atoms with Gasteiger partial charge in [0.05, 0.1) is 17.3 Å². The molecule has 3 N–H and O–H groups in total. The summed E-state index contributed by atoms with van der Waals surface area (Å²) in [4.78, 5) is 12.5. The van der Waals surface area contributed by atoms with Gasteiger partial charge in [0.1, 0.15) is 5.69 Å². The van der Waals surface area contributed by atoms with E-state index in [-0.39, 0.29) is 5.91 Å². The third-order valence-corrected chi connectivity index (χ3v) is 5.05. The van der Waals surface area contributed by atoms with Crippen molar-refractivity contribution in [3.63, 3.8) is 0 Å². The molecule has 1 aliphatic heterocycles. The minimum Gasteiger partial charge on any atom is -0.321 e. The molecule has 0 aliphatic carbocycles. The van der Waals surface area contributed by atoms with Crippen molar-refractivity contribution >= 4 is 11.6 Å². The van der Waals surface area contributed by atoms with E-state index in [1.165, 1.54) is 18.4 Å². The minimum absolute atomic E-state index is 0.248. The molecule has 28 heavy (non-hydrogen) atoms. The maximum Gasteiger partial charge on any atom is 0.273 e. The van der Waals surface area contributed by atoms with Crippen molar-refractivity contribution in [3.05, 3.63) is 71.4 Å². The lowest BCUT2D eigenvalue weighted by molar-refractivity contribution is 0.102. The number of benzene rings is 2. The lowest BCUT2D eigenvalue weighted by Crippen LogP contribution is -2.28. The molecule has 2 aromatic carbocycles. The van der Waals surface area contributed by atoms with Gasteiger partial charge in [0.25, 0.3) is 5.91 Å². The fraction of sp³-hybridized carbons (Fsp3) is 0.227. The number of nitrogens with one attached hydrogen (secondary N) is 3. The van der Waals surface area contributed by atoms with E-state index in [0.717, 1.165) is 24.3 Å². The molecule has 0 unspecified atom stereocenters. The standard InChI is InChI=1S/C22H21N5O/c23-13-15-3-1-4-17(11-15)20-12-21(27-26-20)22(28)25-19-8-6-16(7-9-19)18-5-2-10-24-14-18/h1,3-4,6-9,11-12,18,24H,2,5,10,14H2,(H,25,28)(H,26,27)/t18-/m0/s1. The summed E-state index contributed by atoms with van der Waals surface area (Å²) in [7, 11) is 0. The van der Waals surface area contributed by atoms with Crippen LogP contribution in [0.5, 0.6) is 0 Å². The van der Waals surface area contributed by atoms with Crippen LogP contribution in [0.4, 0.5) is 5.69 Å². The van der Waals surface area contributed by atoms with Crippen LogP contribution in [0.3, 0.4) is 0 Å². The summed E-state index contributed by atoms with van der Waals surface area (Å²) in [5.41, 5.74) is 4.39. The number of hydrogen-bond acceptors (Lipinski definition) is 4. The highest BCUT2D eigenvalue weighted by Gasteiger charge is 2.15. The van der Waals surface area contributed by atoms with Gasteiger partial charge in [-0.2, -0.15) is 10.4 Å². The molecule has 0 saturated carbocycles. The zero-order chi connectivity index (χ0) is 19.3. The zero-order valence-electron chi connectivity index (χ0n) is 15.4. The number of nitriles is 1. The Labute approximate surface area is 163 Å². The highest BCUT2D eigenvalue weighted by molar-refractivity contribution is 6.03. The third kappa shape index (κ3) is 3.95. The number of H-pyrrole nitrogens is 1. The summed E-state index contributed by atoms with van der Waals surface area (Å²) >= 11 is 0. The van der Waals surface area contributed by atoms with Crippen molar-refractivity contribution in [2.75, 3.05) is 18.4 Å². The first kappa shape index (κ1) is 18.0. The van der Waals surface area contributed by atoms with Crippen molar-refractivity contribution in [3.8, 4) is 17.3 Å². The van der Waals surface area contributed by atoms with Crippen LogP contribution in [0.2, 0.25) is 0 Å². The smallest absolute Gasteiger partial charge is 0.273 e. The Morgan fingerprint density at radius 3 is 2.79 bits per heavy atom. The van der Waals surface area contributed by atoms with Gasteiger partial charge < -0.3 is 10.6 Å². The maximum atomic E-state index is 12.5. The number of rotatable bonds is 4. The number of hydrogen-bond donors (Lipinski definition) is 3. The average molecular weight is 371 g/mol. The normalized spacial score (nSPS) is 16.3. The fourth-order valence-electron chi connectivity index (χ4n) is 3.51. The first-order chi connectivity index (χ1) is 13.7. The van der Waals surface area contributed by atoms with Crippen molar-refractivity contribution in [2.45, 2.75) is 18.8 Å². The van der Waals surface area contributed by atoms with Crippen LogP contribution >= 0.6 is 0 Å². The van der Waals surface area contributed by atoms with E-state index in [0.29, 0.717) is 22.9 Å². The number of carbonyl (C=O) groups excluding carboxylic acids is 1. The first-order valence-electron chi connectivity index (χ1n) is 9.41. The number of carbonyl (C=O) groups is 1. The lowest BCUT2D eigenvalue weighted by atomic mass is 9.92. The van der Waals surface area contributed by atoms with Crippen LogP contribution in [0.25, 0.3) is 11.3 Å². The molecular formula is C22H21N5O. The summed E-state index contributed by atoms with van der Waals surface area (Å²) in [6, 6.07) is 19.0. The Morgan fingerprint density at radius 2 is 2.04 bits per heavy atom. The number of aromatic nitrogens is 2. The van der Waals surface area contributed by atoms with Crippen LogP contribution in [-0.2, 0) is 0 Å². The molecule has 1 atom stereocenters. The molecule has 1 saturated heterocycles. The largest absolute Gasteiger partial charge is 0.321 e. The van der Waals surface area contributed by atoms with Crippen molar-refractivity contribution in [1.29, 1.82) is 5.26 Å². The molecule has 1 fully saturated rings. The Bertz CT molecular complexity index is 1010. The van der Waals surface area contributed by atoms with Gasteiger partial charge in [-0.05, 0) is 61.2 Å². The van der Waals surface area contributed by atoms with Gasteiger partial charge in [-0.25, -0.2) is 0 Å². The predicted molar refractivity (Wildman–Crippen MR) is 108 cm³/mol. The number of aromatic amines is 1. The number of anilines is 1. The summed E-state index contributed by atoms with van der Waals surface area (Å²) in [5, 5.41) is 22.3. The molecule has 1 amide bonds. The topological polar surface area (TPSA) is 93.6 Å². The highest BCUT2D eigenvalue weighted by atomic mass is 16.1. The van der Waals surface area contributed by atoms with E-state index in [9.17, 15) is 4.79 Å². The van der Waals surface area contributed by atoms with Crippen LogP contribution in [0, 0.1) is 11.3 Å². The molecular weight excluding hydrogens is 350 g/mol. The summed E-state index contributed by atoms with van der Waals surface area (Å²) in [6.45, 7) is 2.10. The summed E-state index contributed by atoms with van der Waals surface area (Å²) in [6.07, 6.45) is 2.39. The Hall–Kier alpha value is -3.43. The summed E-state index contributed by atoms with van der Waals surface area (Å²) < 4.78 is 0. The molecule has 0 bridgehead atoms. The van der Waals surface area contributed by atoms with Gasteiger partial charge in [-0.1, -0.05) is 24.3 Å². The Kier molecular flexibility index (Phi) is 5.18. The lowest BCUT2D eigenvalue weighted by Gasteiger charge is -2.23. The average Bonchev–Trinajstić information content (AvgIpc) is 3.25. The molecule has 6 heteroatoms. The maximum absolute atomic E-state index is 12.5. The van der Waals surface area contributed by atoms with Gasteiger partial charge >= 0.3 is 0 Å². The first-order valence-corrected chi connectivity index (χ1v) is 9.41. The molecule has 1 aliphatic rings. The molecule has 2 heterocycles. The van der Waals surface area contributed by atoms with E-state index in [4.69, 9.17) is 5.26 Å². The van der Waals surface area contributed by atoms with E-state index in [1.54, 1.807) is 24.3 Å². The second-order valence-corrected chi connectivity index (χ2v) is 6.98. The SMILES string of the molecule is N#Cc1cccc(-c2cc(C(=O)Nc3ccc([C@H]4CCCNC4)cc3)[nH]n2)c1. The molecule has 1 aromatic heterocycles. The Balaban J connectivity index is 1.44. The second kappa shape index (κ2) is 8.07. The number of piperidine rings is 1. The second-order valence-electron chi connectivity index (χ2n) is 6.98. The fourth-order valence-corrected chi connectivity index (χ4v) is 3.51. The highest BCUT2D eigenvalue weighted by Crippen LogP contribution is 2.25. The molecule has 3 aromatic rings. The van der Waals surface area contributed by atoms with Gasteiger partial charge in [0.2, 0.25) is 0 Å². The van der Waals surface area contributed by atoms with E-state index < -0.39 is 0 Å². The van der Waals surface area contributed by atoms with E-state index in [2.05, 4.69) is 39.0 Å². The quantitative estimate of drug-likeness (QED) is 0.652. The Morgan fingerprint density at radius 1 is 1.18 bits per heavy atom.